The highest BCUT2D eigenvalue weighted by Crippen LogP contribution is 2.09. The van der Waals surface area contributed by atoms with Gasteiger partial charge in [0.2, 0.25) is 11.8 Å². The van der Waals surface area contributed by atoms with Gasteiger partial charge in [0.15, 0.2) is 0 Å². The number of aliphatic carboxylic acids is 1. The maximum atomic E-state index is 12.2. The lowest BCUT2D eigenvalue weighted by atomic mass is 10.0. The number of aliphatic hydroxyl groups is 5. The van der Waals surface area contributed by atoms with Crippen LogP contribution >= 0.6 is 0 Å². The van der Waals surface area contributed by atoms with Crippen LogP contribution in [0.15, 0.2) is 12.2 Å². The molecule has 1 heterocycles. The summed E-state index contributed by atoms with van der Waals surface area (Å²) in [7, 11) is 1.25. The third kappa shape index (κ3) is 8.51. The van der Waals surface area contributed by atoms with E-state index in [1.165, 1.54) is 7.05 Å². The number of carbonyl (C=O) groups excluding carboxylic acids is 4. The molecule has 5 atom stereocenters. The molecule has 7 N–H and O–H groups in total. The van der Waals surface area contributed by atoms with Gasteiger partial charge in [-0.05, 0) is 6.42 Å². The molecule has 4 amide bonds. The Bertz CT molecular complexity index is 754. The Kier molecular flexibility index (Phi) is 11.0. The average Bonchev–Trinajstić information content (AvgIpc) is 3.09. The summed E-state index contributed by atoms with van der Waals surface area (Å²) in [5, 5.41) is 58.9. The van der Waals surface area contributed by atoms with Crippen LogP contribution in [0.1, 0.15) is 19.3 Å². The molecule has 0 aromatic rings. The number of carboxylic acids is 1. The SMILES string of the molecule is CN(C[C@H](O)[C@@H](O)[C@H](O)[C@H](O)CO)C(=O)CC[C@H](NC(=O)CCN1C(=O)C=CC1=O)C(=O)O. The van der Waals surface area contributed by atoms with Crippen molar-refractivity contribution in [2.24, 2.45) is 0 Å². The van der Waals surface area contributed by atoms with Crippen LogP contribution in [0.5, 0.6) is 0 Å². The predicted octanol–water partition coefficient (Wildman–Crippen LogP) is -4.45. The molecule has 14 heteroatoms. The number of carbonyl (C=O) groups is 5. The first-order valence-electron chi connectivity index (χ1n) is 10.0. The van der Waals surface area contributed by atoms with Crippen LogP contribution in [0, 0.1) is 0 Å². The first-order valence-corrected chi connectivity index (χ1v) is 10.0. The Morgan fingerprint density at radius 2 is 1.55 bits per heavy atom. The highest BCUT2D eigenvalue weighted by molar-refractivity contribution is 6.13. The van der Waals surface area contributed by atoms with E-state index >= 15 is 0 Å². The molecule has 1 aliphatic rings. The molecular weight excluding hydrogens is 446 g/mol. The zero-order valence-electron chi connectivity index (χ0n) is 17.9. The molecule has 0 unspecified atom stereocenters. The van der Waals surface area contributed by atoms with Crippen molar-refractivity contribution in [2.45, 2.75) is 49.7 Å². The van der Waals surface area contributed by atoms with E-state index in [-0.39, 0.29) is 25.8 Å². The number of amides is 4. The number of nitrogens with zero attached hydrogens (tertiary/aromatic N) is 2. The van der Waals surface area contributed by atoms with E-state index in [1.54, 1.807) is 0 Å². The zero-order valence-corrected chi connectivity index (χ0v) is 17.9. The Morgan fingerprint density at radius 1 is 1.00 bits per heavy atom. The van der Waals surface area contributed by atoms with Gasteiger partial charge in [0.05, 0.1) is 6.61 Å². The molecule has 0 aromatic heterocycles. The quantitative estimate of drug-likeness (QED) is 0.119. The van der Waals surface area contributed by atoms with Crippen LogP contribution in [0.4, 0.5) is 0 Å². The maximum absolute atomic E-state index is 12.2. The summed E-state index contributed by atoms with van der Waals surface area (Å²) < 4.78 is 0. The monoisotopic (exact) mass is 475 g/mol. The summed E-state index contributed by atoms with van der Waals surface area (Å²) >= 11 is 0. The highest BCUT2D eigenvalue weighted by atomic mass is 16.4. The van der Waals surface area contributed by atoms with Gasteiger partial charge in [0.1, 0.15) is 30.5 Å². The van der Waals surface area contributed by atoms with Crippen LogP contribution in [0.25, 0.3) is 0 Å². The van der Waals surface area contributed by atoms with E-state index < -0.39 is 73.2 Å². The van der Waals surface area contributed by atoms with E-state index in [2.05, 4.69) is 5.32 Å². The van der Waals surface area contributed by atoms with Crippen LogP contribution in [-0.4, -0.2) is 127 Å². The molecule has 1 rings (SSSR count). The minimum Gasteiger partial charge on any atom is -0.480 e. The number of nitrogens with one attached hydrogen (secondary N) is 1. The molecule has 0 fully saturated rings. The number of carboxylic acid groups (broad SMARTS) is 1. The van der Waals surface area contributed by atoms with Crippen molar-refractivity contribution in [1.29, 1.82) is 0 Å². The number of likely N-dealkylation sites (N-methyl/N-ethyl adjacent to an activating group) is 1. The van der Waals surface area contributed by atoms with Crippen molar-refractivity contribution in [3.05, 3.63) is 12.2 Å². The van der Waals surface area contributed by atoms with Gasteiger partial charge in [-0.1, -0.05) is 0 Å². The second kappa shape index (κ2) is 13.0. The summed E-state index contributed by atoms with van der Waals surface area (Å²) in [4.78, 5) is 60.3. The van der Waals surface area contributed by atoms with Crippen molar-refractivity contribution in [3.8, 4) is 0 Å². The van der Waals surface area contributed by atoms with Gasteiger partial charge < -0.3 is 40.9 Å². The van der Waals surface area contributed by atoms with Gasteiger partial charge in [0.25, 0.3) is 11.8 Å². The van der Waals surface area contributed by atoms with Crippen molar-refractivity contribution < 1.29 is 54.6 Å². The molecule has 186 valence electrons. The third-order valence-corrected chi connectivity index (χ3v) is 4.96. The van der Waals surface area contributed by atoms with Gasteiger partial charge in [-0.2, -0.15) is 0 Å². The fraction of sp³-hybridized carbons (Fsp3) is 0.632. The molecule has 1 aliphatic heterocycles. The molecule has 0 saturated heterocycles. The molecule has 0 aliphatic carbocycles. The summed E-state index contributed by atoms with van der Waals surface area (Å²) in [5.41, 5.74) is 0. The number of imide groups is 1. The Hall–Kier alpha value is -2.91. The summed E-state index contributed by atoms with van der Waals surface area (Å²) in [6.07, 6.45) is -5.99. The molecule has 0 spiro atoms. The Morgan fingerprint density at radius 3 is 2.06 bits per heavy atom. The molecule has 0 saturated carbocycles. The average molecular weight is 475 g/mol. The van der Waals surface area contributed by atoms with E-state index in [4.69, 9.17) is 5.11 Å². The largest absolute Gasteiger partial charge is 0.480 e. The predicted molar refractivity (Wildman–Crippen MR) is 108 cm³/mol. The second-order valence-corrected chi connectivity index (χ2v) is 7.48. The molecule has 14 nitrogen and oxygen atoms in total. The Balaban J connectivity index is 2.51. The lowest BCUT2D eigenvalue weighted by Crippen LogP contribution is -2.50. The van der Waals surface area contributed by atoms with Gasteiger partial charge in [-0.3, -0.25) is 24.1 Å². The minimum atomic E-state index is -1.86. The standard InChI is InChI=1S/C19H29N3O11/c1-21(8-11(24)17(30)18(31)12(25)9-23)14(27)3-2-10(19(32)33)20-13(26)6-7-22-15(28)4-5-16(22)29/h4-5,10-12,17-18,23-25,30-31H,2-3,6-9H2,1H3,(H,20,26)(H,32,33)/t10-,11-,12+,17+,18+/m0/s1. The fourth-order valence-electron chi connectivity index (χ4n) is 2.90. The lowest BCUT2D eigenvalue weighted by Gasteiger charge is -2.28. The molecule has 0 radical (unpaired) electrons. The zero-order chi connectivity index (χ0) is 25.3. The maximum Gasteiger partial charge on any atom is 0.326 e. The van der Waals surface area contributed by atoms with Crippen LogP contribution in [0.3, 0.4) is 0 Å². The highest BCUT2D eigenvalue weighted by Gasteiger charge is 2.31. The summed E-state index contributed by atoms with van der Waals surface area (Å²) in [6.45, 7) is -1.56. The number of hydrogen-bond acceptors (Lipinski definition) is 10. The van der Waals surface area contributed by atoms with Crippen LogP contribution < -0.4 is 5.32 Å². The number of aliphatic hydroxyl groups excluding tert-OH is 5. The van der Waals surface area contributed by atoms with Crippen molar-refractivity contribution in [3.63, 3.8) is 0 Å². The molecular formula is C19H29N3O11. The van der Waals surface area contributed by atoms with Gasteiger partial charge in [-0.25, -0.2) is 4.79 Å². The number of rotatable bonds is 14. The first kappa shape index (κ1) is 28.1. The lowest BCUT2D eigenvalue weighted by molar-refractivity contribution is -0.144. The van der Waals surface area contributed by atoms with E-state index in [0.29, 0.717) is 0 Å². The molecule has 33 heavy (non-hydrogen) atoms. The van der Waals surface area contributed by atoms with Gasteiger partial charge in [-0.15, -0.1) is 0 Å². The minimum absolute atomic E-state index is 0.235. The molecule has 0 aromatic carbocycles. The topological polar surface area (TPSA) is 225 Å². The van der Waals surface area contributed by atoms with Crippen molar-refractivity contribution in [2.75, 3.05) is 26.7 Å². The van der Waals surface area contributed by atoms with Crippen molar-refractivity contribution >= 4 is 29.6 Å². The van der Waals surface area contributed by atoms with Gasteiger partial charge in [0, 0.05) is 45.1 Å². The summed E-state index contributed by atoms with van der Waals surface area (Å²) in [5.74, 6) is -3.96. The Labute approximate surface area is 188 Å². The smallest absolute Gasteiger partial charge is 0.326 e. The van der Waals surface area contributed by atoms with Crippen LogP contribution in [0.2, 0.25) is 0 Å². The second-order valence-electron chi connectivity index (χ2n) is 7.48. The van der Waals surface area contributed by atoms with Crippen molar-refractivity contribution in [1.82, 2.24) is 15.1 Å². The fourth-order valence-corrected chi connectivity index (χ4v) is 2.90. The van der Waals surface area contributed by atoms with E-state index in [0.717, 1.165) is 22.0 Å². The number of hydrogen-bond donors (Lipinski definition) is 7. The normalized spacial score (nSPS) is 17.9. The third-order valence-electron chi connectivity index (χ3n) is 4.96. The first-order chi connectivity index (χ1) is 15.4. The van der Waals surface area contributed by atoms with Gasteiger partial charge >= 0.3 is 5.97 Å². The van der Waals surface area contributed by atoms with E-state index in [1.807, 2.05) is 0 Å². The van der Waals surface area contributed by atoms with Crippen LogP contribution in [-0.2, 0) is 24.0 Å². The summed E-state index contributed by atoms with van der Waals surface area (Å²) in [6, 6.07) is -1.44. The van der Waals surface area contributed by atoms with E-state index in [9.17, 15) is 49.5 Å². The molecule has 0 bridgehead atoms.